The van der Waals surface area contributed by atoms with Crippen molar-refractivity contribution >= 4 is 11.8 Å². The Kier molecular flexibility index (Phi) is 7.47. The maximum absolute atomic E-state index is 13.4. The summed E-state index contributed by atoms with van der Waals surface area (Å²) >= 11 is 0. The summed E-state index contributed by atoms with van der Waals surface area (Å²) in [6.07, 6.45) is 6.17. The van der Waals surface area contributed by atoms with E-state index in [1.165, 1.54) is 18.6 Å². The molecular weight excluding hydrogens is 423 g/mol. The topological polar surface area (TPSA) is 67.9 Å². The van der Waals surface area contributed by atoms with Crippen LogP contribution in [0.2, 0.25) is 0 Å². The minimum Gasteiger partial charge on any atom is -0.454 e. The van der Waals surface area contributed by atoms with Crippen molar-refractivity contribution in [1.82, 2.24) is 10.2 Å². The van der Waals surface area contributed by atoms with Crippen molar-refractivity contribution < 1.29 is 23.5 Å². The highest BCUT2D eigenvalue weighted by Gasteiger charge is 2.28. The predicted molar refractivity (Wildman–Crippen MR) is 122 cm³/mol. The van der Waals surface area contributed by atoms with E-state index in [4.69, 9.17) is 9.47 Å². The Morgan fingerprint density at radius 2 is 1.73 bits per heavy atom. The van der Waals surface area contributed by atoms with Gasteiger partial charge in [-0.25, -0.2) is 4.39 Å². The van der Waals surface area contributed by atoms with Crippen molar-refractivity contribution in [2.75, 3.05) is 6.79 Å². The van der Waals surface area contributed by atoms with Crippen LogP contribution >= 0.6 is 0 Å². The normalized spacial score (nSPS) is 16.3. The summed E-state index contributed by atoms with van der Waals surface area (Å²) in [6, 6.07) is 11.3. The summed E-state index contributed by atoms with van der Waals surface area (Å²) in [5.41, 5.74) is 1.75. The summed E-state index contributed by atoms with van der Waals surface area (Å²) in [4.78, 5) is 27.9. The molecule has 2 amide bonds. The number of carbonyl (C=O) groups is 2. The molecule has 0 radical (unpaired) electrons. The van der Waals surface area contributed by atoms with Crippen molar-refractivity contribution in [3.8, 4) is 11.5 Å². The lowest BCUT2D eigenvalue weighted by atomic mass is 9.95. The molecule has 1 aliphatic carbocycles. The summed E-state index contributed by atoms with van der Waals surface area (Å²) in [6.45, 7) is 2.22. The minimum absolute atomic E-state index is 0.122. The first-order chi connectivity index (χ1) is 16.0. The second kappa shape index (κ2) is 10.7. The van der Waals surface area contributed by atoms with Crippen LogP contribution in [0.4, 0.5) is 4.39 Å². The third kappa shape index (κ3) is 6.03. The summed E-state index contributed by atoms with van der Waals surface area (Å²) in [5, 5.41) is 3.13. The zero-order chi connectivity index (χ0) is 23.2. The fourth-order valence-electron chi connectivity index (χ4n) is 4.43. The molecule has 2 aromatic carbocycles. The molecule has 7 heteroatoms. The Morgan fingerprint density at radius 1 is 1.03 bits per heavy atom. The van der Waals surface area contributed by atoms with Crippen molar-refractivity contribution in [2.24, 2.45) is 0 Å². The quantitative estimate of drug-likeness (QED) is 0.644. The van der Waals surface area contributed by atoms with Crippen LogP contribution < -0.4 is 14.8 Å². The molecule has 6 nitrogen and oxygen atoms in total. The van der Waals surface area contributed by atoms with E-state index in [2.05, 4.69) is 5.32 Å². The third-order valence-corrected chi connectivity index (χ3v) is 6.45. The molecular formula is C26H31FN2O4. The second-order valence-corrected chi connectivity index (χ2v) is 8.86. The Morgan fingerprint density at radius 3 is 2.48 bits per heavy atom. The smallest absolute Gasteiger partial charge is 0.242 e. The molecule has 1 atom stereocenters. The Balaban J connectivity index is 1.44. The Hall–Kier alpha value is -3.09. The number of aryl methyl sites for hydroxylation is 1. The molecule has 1 aliphatic heterocycles. The minimum atomic E-state index is -0.624. The molecule has 0 spiro atoms. The number of rotatable bonds is 8. The molecule has 1 saturated carbocycles. The SMILES string of the molecule is C[C@H](C(=O)NC1CCCCC1)N(Cc1ccc(F)cc1)C(=O)CCc1ccc2c(c1)OCO2. The van der Waals surface area contributed by atoms with Gasteiger partial charge in [-0.1, -0.05) is 37.5 Å². The molecule has 176 valence electrons. The number of benzene rings is 2. The van der Waals surface area contributed by atoms with E-state index in [-0.39, 0.29) is 43.4 Å². The number of ether oxygens (including phenoxy) is 2. The van der Waals surface area contributed by atoms with Crippen LogP contribution in [-0.4, -0.2) is 35.6 Å². The largest absolute Gasteiger partial charge is 0.454 e. The molecule has 1 heterocycles. The zero-order valence-corrected chi connectivity index (χ0v) is 19.0. The first-order valence-electron chi connectivity index (χ1n) is 11.7. The molecule has 33 heavy (non-hydrogen) atoms. The molecule has 0 aromatic heterocycles. The molecule has 0 unspecified atom stereocenters. The van der Waals surface area contributed by atoms with Crippen LogP contribution in [0.3, 0.4) is 0 Å². The van der Waals surface area contributed by atoms with Gasteiger partial charge in [0.15, 0.2) is 11.5 Å². The number of amides is 2. The van der Waals surface area contributed by atoms with E-state index in [0.717, 1.165) is 36.8 Å². The average Bonchev–Trinajstić information content (AvgIpc) is 3.30. The van der Waals surface area contributed by atoms with E-state index >= 15 is 0 Å². The Labute approximate surface area is 194 Å². The van der Waals surface area contributed by atoms with Gasteiger partial charge in [0.1, 0.15) is 11.9 Å². The van der Waals surface area contributed by atoms with Crippen molar-refractivity contribution in [2.45, 2.75) is 70.5 Å². The van der Waals surface area contributed by atoms with Crippen LogP contribution in [0.25, 0.3) is 0 Å². The molecule has 2 aromatic rings. The lowest BCUT2D eigenvalue weighted by Crippen LogP contribution is -2.50. The van der Waals surface area contributed by atoms with Gasteiger partial charge in [0.2, 0.25) is 18.6 Å². The van der Waals surface area contributed by atoms with E-state index in [1.807, 2.05) is 18.2 Å². The highest BCUT2D eigenvalue weighted by atomic mass is 19.1. The number of fused-ring (bicyclic) bond motifs is 1. The van der Waals surface area contributed by atoms with E-state index in [1.54, 1.807) is 24.0 Å². The van der Waals surface area contributed by atoms with Crippen LogP contribution in [0, 0.1) is 5.82 Å². The highest BCUT2D eigenvalue weighted by Crippen LogP contribution is 2.32. The number of nitrogens with one attached hydrogen (secondary N) is 1. The molecule has 4 rings (SSSR count). The molecule has 2 aliphatic rings. The van der Waals surface area contributed by atoms with Gasteiger partial charge in [-0.3, -0.25) is 9.59 Å². The first-order valence-corrected chi connectivity index (χ1v) is 11.7. The standard InChI is InChI=1S/C26H31FN2O4/c1-18(26(31)28-22-5-3-2-4-6-22)29(16-20-7-11-21(27)12-8-20)25(30)14-10-19-9-13-23-24(15-19)33-17-32-23/h7-9,11-13,15,18,22H,2-6,10,14,16-17H2,1H3,(H,28,31)/t18-/m1/s1. The van der Waals surface area contributed by atoms with E-state index in [9.17, 15) is 14.0 Å². The van der Waals surface area contributed by atoms with Crippen LogP contribution in [0.5, 0.6) is 11.5 Å². The number of carbonyl (C=O) groups excluding carboxylic acids is 2. The average molecular weight is 455 g/mol. The van der Waals surface area contributed by atoms with Crippen molar-refractivity contribution in [1.29, 1.82) is 0 Å². The maximum Gasteiger partial charge on any atom is 0.242 e. The van der Waals surface area contributed by atoms with E-state index < -0.39 is 6.04 Å². The fourth-order valence-corrected chi connectivity index (χ4v) is 4.43. The highest BCUT2D eigenvalue weighted by molar-refractivity contribution is 5.87. The van der Waals surface area contributed by atoms with E-state index in [0.29, 0.717) is 17.9 Å². The van der Waals surface area contributed by atoms with Gasteiger partial charge in [0.25, 0.3) is 0 Å². The summed E-state index contributed by atoms with van der Waals surface area (Å²) in [5.74, 6) is 0.797. The number of nitrogens with zero attached hydrogens (tertiary/aromatic N) is 1. The maximum atomic E-state index is 13.4. The Bertz CT molecular complexity index is 973. The molecule has 1 fully saturated rings. The number of hydrogen-bond acceptors (Lipinski definition) is 4. The van der Waals surface area contributed by atoms with Crippen LogP contribution in [0.1, 0.15) is 56.6 Å². The predicted octanol–water partition coefficient (Wildman–Crippen LogP) is 4.35. The van der Waals surface area contributed by atoms with Gasteiger partial charge < -0.3 is 19.7 Å². The summed E-state index contributed by atoms with van der Waals surface area (Å²) in [7, 11) is 0. The number of hydrogen-bond donors (Lipinski definition) is 1. The van der Waals surface area contributed by atoms with Gasteiger partial charge >= 0.3 is 0 Å². The van der Waals surface area contributed by atoms with Crippen molar-refractivity contribution in [3.05, 3.63) is 59.4 Å². The lowest BCUT2D eigenvalue weighted by molar-refractivity contribution is -0.141. The van der Waals surface area contributed by atoms with Crippen LogP contribution in [-0.2, 0) is 22.6 Å². The van der Waals surface area contributed by atoms with Gasteiger partial charge in [-0.2, -0.15) is 0 Å². The fraction of sp³-hybridized carbons (Fsp3) is 0.462. The van der Waals surface area contributed by atoms with Crippen molar-refractivity contribution in [3.63, 3.8) is 0 Å². The molecule has 1 N–H and O–H groups in total. The van der Waals surface area contributed by atoms with Gasteiger partial charge in [0.05, 0.1) is 0 Å². The summed E-state index contributed by atoms with van der Waals surface area (Å²) < 4.78 is 24.1. The monoisotopic (exact) mass is 454 g/mol. The lowest BCUT2D eigenvalue weighted by Gasteiger charge is -2.31. The molecule has 0 bridgehead atoms. The number of halogens is 1. The van der Waals surface area contributed by atoms with Crippen LogP contribution in [0.15, 0.2) is 42.5 Å². The first kappa shape index (κ1) is 23.1. The van der Waals surface area contributed by atoms with Gasteiger partial charge in [0, 0.05) is 19.0 Å². The second-order valence-electron chi connectivity index (χ2n) is 8.86. The van der Waals surface area contributed by atoms with Gasteiger partial charge in [-0.05, 0) is 61.6 Å². The molecule has 0 saturated heterocycles. The zero-order valence-electron chi connectivity index (χ0n) is 19.0. The third-order valence-electron chi connectivity index (χ3n) is 6.45. The van der Waals surface area contributed by atoms with Gasteiger partial charge in [-0.15, -0.1) is 0 Å².